The van der Waals surface area contributed by atoms with Crippen molar-refractivity contribution in [3.63, 3.8) is 0 Å². The molecule has 0 spiro atoms. The Labute approximate surface area is 34.2 Å². The third-order valence-corrected chi connectivity index (χ3v) is 0. The summed E-state index contributed by atoms with van der Waals surface area (Å²) in [6, 6.07) is 0. The van der Waals surface area contributed by atoms with Gasteiger partial charge < -0.3 is 6.15 Å². The Morgan fingerprint density at radius 1 is 1.00 bits per heavy atom. The summed E-state index contributed by atoms with van der Waals surface area (Å²) in [5, 5.41) is 0. The van der Waals surface area contributed by atoms with E-state index in [1.165, 1.54) is 0 Å². The molecule has 0 amide bonds. The predicted octanol–water partition coefficient (Wildman–Crippen LogP) is 0.358. The van der Waals surface area contributed by atoms with Gasteiger partial charge >= 0.3 is 27.4 Å². The fraction of sp³-hybridized carbons (Fsp3) is 0. The number of rotatable bonds is 0. The van der Waals surface area contributed by atoms with Gasteiger partial charge in [-0.2, -0.15) is 0 Å². The van der Waals surface area contributed by atoms with Gasteiger partial charge in [0.2, 0.25) is 0 Å². The molecule has 32 valence electrons. The van der Waals surface area contributed by atoms with Crippen molar-refractivity contribution in [3.05, 3.63) is 6.15 Å². The van der Waals surface area contributed by atoms with Crippen LogP contribution in [0.3, 0.4) is 0 Å². The van der Waals surface area contributed by atoms with Crippen LogP contribution in [0.5, 0.6) is 0 Å². The van der Waals surface area contributed by atoms with Crippen molar-refractivity contribution in [2.24, 2.45) is 0 Å². The zero-order valence-corrected chi connectivity index (χ0v) is 4.22. The van der Waals surface area contributed by atoms with Gasteiger partial charge in [0.1, 0.15) is 0 Å². The van der Waals surface area contributed by atoms with Crippen LogP contribution in [0.4, 0.5) is 0 Å². The molecule has 0 aromatic rings. The Balaban J connectivity index is 0. The molecule has 0 fully saturated rings. The zero-order chi connectivity index (χ0) is 3.58. The van der Waals surface area contributed by atoms with E-state index < -0.39 is 17.2 Å². The van der Waals surface area contributed by atoms with E-state index in [1.807, 2.05) is 0 Å². The van der Waals surface area contributed by atoms with E-state index in [1.54, 1.807) is 0 Å². The molecule has 0 aliphatic rings. The van der Waals surface area contributed by atoms with E-state index in [0.29, 0.717) is 0 Å². The van der Waals surface area contributed by atoms with Crippen molar-refractivity contribution in [1.29, 1.82) is 0 Å². The topological polar surface area (TPSA) is 84.7 Å². The van der Waals surface area contributed by atoms with Crippen LogP contribution in [0, 0.1) is 0 Å². The Morgan fingerprint density at radius 2 is 1.00 bits per heavy atom. The van der Waals surface area contributed by atoms with Crippen LogP contribution >= 0.6 is 0 Å². The van der Waals surface area contributed by atoms with Crippen molar-refractivity contribution in [2.75, 3.05) is 0 Å². The molecule has 0 aromatic heterocycles. The summed E-state index contributed by atoms with van der Waals surface area (Å²) in [5.74, 6) is 0. The molecular weight excluding hydrogens is 158 g/mol. The Morgan fingerprint density at radius 3 is 1.00 bits per heavy atom. The minimum atomic E-state index is -4.11. The number of hydrogen-bond donors (Lipinski definition) is 0. The van der Waals surface area contributed by atoms with Gasteiger partial charge in [-0.1, -0.05) is 0 Å². The molecule has 0 saturated carbocycles. The van der Waals surface area contributed by atoms with Crippen LogP contribution in [0.2, 0.25) is 0 Å². The third-order valence-electron chi connectivity index (χ3n) is 0. The van der Waals surface area contributed by atoms with Gasteiger partial charge in [-0.3, -0.25) is 0 Å². The van der Waals surface area contributed by atoms with Crippen LogP contribution in [0.25, 0.3) is 6.15 Å². The molecule has 2 N–H and O–H groups in total. The molecule has 0 bridgehead atoms. The molecule has 0 heterocycles. The second kappa shape index (κ2) is 4.05. The second-order valence-corrected chi connectivity index (χ2v) is 1.21. The average Bonchev–Trinajstić information content (AvgIpc) is 0.811. The van der Waals surface area contributed by atoms with Gasteiger partial charge in [-0.05, 0) is 0 Å². The van der Waals surface area contributed by atoms with Crippen molar-refractivity contribution in [1.82, 2.24) is 0 Å². The summed E-state index contributed by atoms with van der Waals surface area (Å²) in [6.45, 7) is 0. The number of nitrogens with two attached hydrogens (primary N) is 1. The first-order valence-electron chi connectivity index (χ1n) is 0.500. The first kappa shape index (κ1) is 8.90. The van der Waals surface area contributed by atoms with Crippen LogP contribution in [-0.2, 0) is 27.4 Å². The summed E-state index contributed by atoms with van der Waals surface area (Å²) < 4.78 is 25.8. The first-order valence-corrected chi connectivity index (χ1v) is 2.96. The molecular formula is H2MoNO3-. The van der Waals surface area contributed by atoms with E-state index in [9.17, 15) is 0 Å². The normalized spacial score (nSPS) is 4.80. The van der Waals surface area contributed by atoms with Crippen molar-refractivity contribution < 1.29 is 27.4 Å². The SMILES string of the molecule is [NH2-].[O]=[Mo](=[O])=[O]. The van der Waals surface area contributed by atoms with Crippen LogP contribution < -0.4 is 0 Å². The summed E-state index contributed by atoms with van der Waals surface area (Å²) >= 11 is -4.11. The molecule has 0 aromatic carbocycles. The fourth-order valence-electron chi connectivity index (χ4n) is 0. The van der Waals surface area contributed by atoms with Gasteiger partial charge in [0.05, 0.1) is 0 Å². The molecule has 0 saturated heterocycles. The second-order valence-electron chi connectivity index (χ2n) is 0.204. The molecule has 0 unspecified atom stereocenters. The molecule has 0 aliphatic heterocycles. The summed E-state index contributed by atoms with van der Waals surface area (Å²) in [5.41, 5.74) is 0. The summed E-state index contributed by atoms with van der Waals surface area (Å²) in [6.07, 6.45) is 0. The molecule has 0 rings (SSSR count). The monoisotopic (exact) mass is 162 g/mol. The fourth-order valence-corrected chi connectivity index (χ4v) is 0. The molecule has 0 radical (unpaired) electrons. The summed E-state index contributed by atoms with van der Waals surface area (Å²) in [4.78, 5) is 0. The van der Waals surface area contributed by atoms with Crippen molar-refractivity contribution in [2.45, 2.75) is 0 Å². The Bertz CT molecular complexity index is 76.3. The maximum atomic E-state index is 8.59. The standard InChI is InChI=1S/Mo.H2N.3O/h;1H2;;;/q;-1;;;. The average molecular weight is 160 g/mol. The van der Waals surface area contributed by atoms with Crippen LogP contribution in [0.15, 0.2) is 0 Å². The molecule has 0 atom stereocenters. The Hall–Kier alpha value is 0.0483. The minimum absolute atomic E-state index is 0. The summed E-state index contributed by atoms with van der Waals surface area (Å²) in [7, 11) is 0. The van der Waals surface area contributed by atoms with Gasteiger partial charge in [0, 0.05) is 0 Å². The van der Waals surface area contributed by atoms with E-state index in [2.05, 4.69) is 0 Å². The van der Waals surface area contributed by atoms with Crippen LogP contribution in [-0.4, -0.2) is 0 Å². The molecule has 0 aliphatic carbocycles. The van der Waals surface area contributed by atoms with E-state index in [-0.39, 0.29) is 6.15 Å². The quantitative estimate of drug-likeness (QED) is 0.479. The maximum absolute atomic E-state index is 8.59. The van der Waals surface area contributed by atoms with Gasteiger partial charge in [0.15, 0.2) is 0 Å². The van der Waals surface area contributed by atoms with Gasteiger partial charge in [0.25, 0.3) is 0 Å². The predicted molar refractivity (Wildman–Crippen MR) is 7.34 cm³/mol. The van der Waals surface area contributed by atoms with E-state index in [0.717, 1.165) is 0 Å². The van der Waals surface area contributed by atoms with Crippen molar-refractivity contribution >= 4 is 0 Å². The first-order chi connectivity index (χ1) is 1.73. The zero-order valence-electron chi connectivity index (χ0n) is 2.21. The number of hydrogen-bond acceptors (Lipinski definition) is 3. The molecule has 5 heteroatoms. The third kappa shape index (κ3) is 7280. The van der Waals surface area contributed by atoms with Gasteiger partial charge in [-0.25, -0.2) is 0 Å². The van der Waals surface area contributed by atoms with Gasteiger partial charge in [-0.15, -0.1) is 0 Å². The van der Waals surface area contributed by atoms with E-state index in [4.69, 9.17) is 10.2 Å². The molecule has 4 nitrogen and oxygen atoms in total. The van der Waals surface area contributed by atoms with Crippen LogP contribution in [0.1, 0.15) is 0 Å². The van der Waals surface area contributed by atoms with E-state index >= 15 is 0 Å². The van der Waals surface area contributed by atoms with Crippen molar-refractivity contribution in [3.8, 4) is 0 Å². The molecule has 5 heavy (non-hydrogen) atoms. The Kier molecular flexibility index (Phi) is 7.21.